The second-order valence-corrected chi connectivity index (χ2v) is 18.8. The average molecular weight is 827 g/mol. The average Bonchev–Trinajstić information content (AvgIpc) is 3.68. The Morgan fingerprint density at radius 2 is 1.09 bits per heavy atom. The number of anilines is 3. The summed E-state index contributed by atoms with van der Waals surface area (Å²) < 4.78 is 2.39. The summed E-state index contributed by atoms with van der Waals surface area (Å²) in [4.78, 5) is 2.54. The van der Waals surface area contributed by atoms with Crippen LogP contribution >= 0.6 is 0 Å². The molecule has 1 aliphatic rings. The van der Waals surface area contributed by atoms with Crippen LogP contribution in [-0.2, 0) is 5.41 Å². The van der Waals surface area contributed by atoms with Crippen molar-refractivity contribution in [1.29, 1.82) is 0 Å². The lowest BCUT2D eigenvalue weighted by molar-refractivity contribution is 0.445. The van der Waals surface area contributed by atoms with Crippen molar-refractivity contribution < 1.29 is 0 Å². The highest BCUT2D eigenvalue weighted by atomic mass is 15.1. The first-order valence-corrected chi connectivity index (χ1v) is 23.2. The molecular weight excluding hydrogens is 773 g/mol. The first-order valence-electron chi connectivity index (χ1n) is 23.2. The van der Waals surface area contributed by atoms with Crippen LogP contribution in [0.15, 0.2) is 206 Å². The van der Waals surface area contributed by atoms with E-state index in [9.17, 15) is 0 Å². The van der Waals surface area contributed by atoms with Gasteiger partial charge in [0.25, 0.3) is 0 Å². The van der Waals surface area contributed by atoms with Crippen molar-refractivity contribution in [2.24, 2.45) is 0 Å². The molecule has 1 fully saturated rings. The van der Waals surface area contributed by atoms with E-state index >= 15 is 0 Å². The Morgan fingerprint density at radius 1 is 0.453 bits per heavy atom. The molecule has 1 aromatic heterocycles. The molecule has 10 aromatic rings. The van der Waals surface area contributed by atoms with Crippen molar-refractivity contribution in [3.05, 3.63) is 217 Å². The maximum atomic E-state index is 2.54. The van der Waals surface area contributed by atoms with Crippen molar-refractivity contribution in [3.63, 3.8) is 0 Å². The van der Waals surface area contributed by atoms with E-state index in [0.29, 0.717) is 5.92 Å². The van der Waals surface area contributed by atoms with E-state index in [0.717, 1.165) is 17.1 Å². The molecule has 2 heteroatoms. The number of hydrogen-bond donors (Lipinski definition) is 0. The third kappa shape index (κ3) is 7.18. The van der Waals surface area contributed by atoms with Gasteiger partial charge in [-0.1, -0.05) is 186 Å². The molecule has 11 rings (SSSR count). The maximum absolute atomic E-state index is 2.54. The molecule has 2 nitrogen and oxygen atoms in total. The zero-order valence-corrected chi connectivity index (χ0v) is 37.1. The molecule has 0 spiro atoms. The summed E-state index contributed by atoms with van der Waals surface area (Å²) in [6.45, 7) is 6.93. The van der Waals surface area contributed by atoms with Crippen LogP contribution in [0.5, 0.6) is 0 Å². The fourth-order valence-electron chi connectivity index (χ4n) is 10.5. The fourth-order valence-corrected chi connectivity index (χ4v) is 10.5. The van der Waals surface area contributed by atoms with Gasteiger partial charge in [-0.3, -0.25) is 0 Å². The maximum Gasteiger partial charge on any atom is 0.0541 e. The molecule has 64 heavy (non-hydrogen) atoms. The zero-order chi connectivity index (χ0) is 43.2. The van der Waals surface area contributed by atoms with Crippen LogP contribution in [-0.4, -0.2) is 4.57 Å². The van der Waals surface area contributed by atoms with E-state index in [1.165, 1.54) is 115 Å². The molecule has 1 saturated carbocycles. The van der Waals surface area contributed by atoms with Crippen LogP contribution in [0.2, 0.25) is 0 Å². The Hall–Kier alpha value is -7.16. The van der Waals surface area contributed by atoms with Crippen molar-refractivity contribution in [1.82, 2.24) is 4.57 Å². The summed E-state index contributed by atoms with van der Waals surface area (Å²) in [6.07, 6.45) is 6.46. The molecule has 9 aromatic carbocycles. The summed E-state index contributed by atoms with van der Waals surface area (Å²) in [5, 5.41) is 5.21. The molecule has 0 N–H and O–H groups in total. The summed E-state index contributed by atoms with van der Waals surface area (Å²) in [7, 11) is 0. The van der Waals surface area contributed by atoms with Gasteiger partial charge in [-0.25, -0.2) is 0 Å². The Labute approximate surface area is 378 Å². The monoisotopic (exact) mass is 826 g/mol. The van der Waals surface area contributed by atoms with Gasteiger partial charge in [-0.2, -0.15) is 0 Å². The van der Waals surface area contributed by atoms with Gasteiger partial charge >= 0.3 is 0 Å². The number of nitrogens with zero attached hydrogens (tertiary/aromatic N) is 2. The van der Waals surface area contributed by atoms with Crippen LogP contribution in [0.3, 0.4) is 0 Å². The summed E-state index contributed by atoms with van der Waals surface area (Å²) in [5.74, 6) is 0.576. The van der Waals surface area contributed by atoms with E-state index in [2.05, 4.69) is 236 Å². The number of fused-ring (bicyclic) bond motifs is 4. The summed E-state index contributed by atoms with van der Waals surface area (Å²) in [6, 6.07) is 76.9. The molecule has 312 valence electrons. The van der Waals surface area contributed by atoms with Crippen LogP contribution in [0, 0.1) is 0 Å². The van der Waals surface area contributed by atoms with Crippen LogP contribution < -0.4 is 4.90 Å². The van der Waals surface area contributed by atoms with Crippen LogP contribution in [0.1, 0.15) is 69.9 Å². The molecule has 1 heterocycles. The molecule has 1 aliphatic carbocycles. The summed E-state index contributed by atoms with van der Waals surface area (Å²) in [5.41, 5.74) is 17.1. The minimum atomic E-state index is -0.0224. The highest BCUT2D eigenvalue weighted by molar-refractivity contribution is 6.11. The lowest BCUT2D eigenvalue weighted by atomic mass is 9.80. The van der Waals surface area contributed by atoms with E-state index < -0.39 is 0 Å². The minimum absolute atomic E-state index is 0.0224. The predicted molar refractivity (Wildman–Crippen MR) is 274 cm³/mol. The first-order chi connectivity index (χ1) is 31.4. The number of hydrogen-bond acceptors (Lipinski definition) is 1. The Morgan fingerprint density at radius 3 is 1.91 bits per heavy atom. The van der Waals surface area contributed by atoms with E-state index in [-0.39, 0.29) is 5.41 Å². The lowest BCUT2D eigenvalue weighted by Crippen LogP contribution is -2.15. The fraction of sp³-hybridized carbons (Fsp3) is 0.161. The molecule has 0 aliphatic heterocycles. The molecule has 0 atom stereocenters. The smallest absolute Gasteiger partial charge is 0.0541 e. The number of benzene rings is 9. The molecule has 0 amide bonds. The third-order valence-corrected chi connectivity index (χ3v) is 13.7. The van der Waals surface area contributed by atoms with Gasteiger partial charge in [-0.05, 0) is 129 Å². The number of rotatable bonds is 8. The topological polar surface area (TPSA) is 8.17 Å². The SMILES string of the molecule is CC(C)(C)c1ccc(N(c2cccc(-c3ccc4c(c3)c3ccccc3n4-c3ccccc3)c2)c2ccccc2-c2cccc3cccc(C4CCCCC4)c23)c(-c2ccccc2)c1. The lowest BCUT2D eigenvalue weighted by Gasteiger charge is -2.32. The van der Waals surface area contributed by atoms with Crippen LogP contribution in [0.4, 0.5) is 17.1 Å². The second-order valence-electron chi connectivity index (χ2n) is 18.8. The Balaban J connectivity index is 1.14. The van der Waals surface area contributed by atoms with Crippen molar-refractivity contribution >= 4 is 49.6 Å². The quantitative estimate of drug-likeness (QED) is 0.148. The molecule has 0 radical (unpaired) electrons. The van der Waals surface area contributed by atoms with E-state index in [4.69, 9.17) is 0 Å². The van der Waals surface area contributed by atoms with Crippen molar-refractivity contribution in [2.45, 2.75) is 64.2 Å². The zero-order valence-electron chi connectivity index (χ0n) is 37.1. The van der Waals surface area contributed by atoms with Gasteiger partial charge in [-0.15, -0.1) is 0 Å². The highest BCUT2D eigenvalue weighted by Gasteiger charge is 2.26. The predicted octanol–water partition coefficient (Wildman–Crippen LogP) is 17.8. The van der Waals surface area contributed by atoms with Gasteiger partial charge in [0.2, 0.25) is 0 Å². The van der Waals surface area contributed by atoms with Gasteiger partial charge < -0.3 is 9.47 Å². The normalized spacial score (nSPS) is 13.5. The van der Waals surface area contributed by atoms with Crippen molar-refractivity contribution in [2.75, 3.05) is 4.90 Å². The Bertz CT molecular complexity index is 3280. The standard InChI is InChI=1S/C62H54N2/c1-62(2,3)48-37-39-59(55(42-48)44-22-9-5-10-23-44)64(57-34-15-13-30-52(57)54-33-19-25-45-24-18-32-51(61(45)54)43-20-7-4-8-21-43)50-29-17-26-46(40-50)47-36-38-60-56(41-47)53-31-14-16-35-58(53)63(60)49-27-11-6-12-28-49/h5-6,9-19,22-43H,4,7-8,20-21H2,1-3H3. The second kappa shape index (κ2) is 16.5. The highest BCUT2D eigenvalue weighted by Crippen LogP contribution is 2.49. The number of aromatic nitrogens is 1. The van der Waals surface area contributed by atoms with Gasteiger partial charge in [0, 0.05) is 33.3 Å². The minimum Gasteiger partial charge on any atom is -0.309 e. The third-order valence-electron chi connectivity index (χ3n) is 13.7. The first kappa shape index (κ1) is 39.7. The summed E-state index contributed by atoms with van der Waals surface area (Å²) >= 11 is 0. The molecule has 0 bridgehead atoms. The van der Waals surface area contributed by atoms with E-state index in [1.54, 1.807) is 0 Å². The van der Waals surface area contributed by atoms with Gasteiger partial charge in [0.15, 0.2) is 0 Å². The van der Waals surface area contributed by atoms with Gasteiger partial charge in [0.1, 0.15) is 0 Å². The van der Waals surface area contributed by atoms with Crippen LogP contribution in [0.25, 0.3) is 71.6 Å². The van der Waals surface area contributed by atoms with Gasteiger partial charge in [0.05, 0.1) is 22.4 Å². The van der Waals surface area contributed by atoms with E-state index in [1.807, 2.05) is 0 Å². The molecule has 0 saturated heterocycles. The molecular formula is C62H54N2. The number of para-hydroxylation sites is 3. The Kier molecular flexibility index (Phi) is 10.2. The van der Waals surface area contributed by atoms with Crippen molar-refractivity contribution in [3.8, 4) is 39.1 Å². The largest absolute Gasteiger partial charge is 0.309 e. The molecule has 0 unspecified atom stereocenters.